The fourth-order valence-corrected chi connectivity index (χ4v) is 1.72. The van der Waals surface area contributed by atoms with Gasteiger partial charge in [-0.25, -0.2) is 0 Å². The maximum absolute atomic E-state index is 12.2. The highest BCUT2D eigenvalue weighted by atomic mass is 16.3. The predicted molar refractivity (Wildman–Crippen MR) is 64.4 cm³/mol. The van der Waals surface area contributed by atoms with E-state index in [1.165, 1.54) is 18.2 Å². The van der Waals surface area contributed by atoms with E-state index in [0.717, 1.165) is 5.56 Å². The lowest BCUT2D eigenvalue weighted by Crippen LogP contribution is -2.04. The number of aryl methyl sites for hydroxylation is 1. The highest BCUT2D eigenvalue weighted by molar-refractivity contribution is 6.13. The molecular weight excluding hydrogens is 216 g/mol. The van der Waals surface area contributed by atoms with Crippen molar-refractivity contribution in [2.45, 2.75) is 6.92 Å². The van der Waals surface area contributed by atoms with Crippen LogP contribution in [-0.2, 0) is 0 Å². The normalized spacial score (nSPS) is 10.2. The van der Waals surface area contributed by atoms with Gasteiger partial charge < -0.3 is 10.2 Å². The van der Waals surface area contributed by atoms with Crippen molar-refractivity contribution in [2.75, 3.05) is 0 Å². The van der Waals surface area contributed by atoms with Gasteiger partial charge >= 0.3 is 0 Å². The maximum atomic E-state index is 12.2. The number of aromatic hydroxyl groups is 2. The SMILES string of the molecule is Cc1ccccc1C(=O)c1c(O)cccc1O. The molecule has 0 aliphatic carbocycles. The zero-order valence-electron chi connectivity index (χ0n) is 9.34. The average Bonchev–Trinajstić information content (AvgIpc) is 2.29. The summed E-state index contributed by atoms with van der Waals surface area (Å²) in [4.78, 5) is 12.2. The Bertz CT molecular complexity index is 553. The maximum Gasteiger partial charge on any atom is 0.200 e. The molecular formula is C14H12O3. The molecule has 0 aliphatic heterocycles. The van der Waals surface area contributed by atoms with Gasteiger partial charge in [0.25, 0.3) is 0 Å². The molecule has 2 rings (SSSR count). The Kier molecular flexibility index (Phi) is 2.83. The number of hydrogen-bond donors (Lipinski definition) is 2. The van der Waals surface area contributed by atoms with Gasteiger partial charge in [-0.2, -0.15) is 0 Å². The van der Waals surface area contributed by atoms with Crippen LogP contribution in [0.1, 0.15) is 21.5 Å². The highest BCUT2D eigenvalue weighted by Gasteiger charge is 2.18. The molecule has 3 heteroatoms. The van der Waals surface area contributed by atoms with Crippen LogP contribution < -0.4 is 0 Å². The molecule has 0 saturated carbocycles. The highest BCUT2D eigenvalue weighted by Crippen LogP contribution is 2.29. The summed E-state index contributed by atoms with van der Waals surface area (Å²) in [6.45, 7) is 1.81. The third kappa shape index (κ3) is 1.99. The van der Waals surface area contributed by atoms with Crippen molar-refractivity contribution in [1.82, 2.24) is 0 Å². The van der Waals surface area contributed by atoms with Crippen molar-refractivity contribution >= 4 is 5.78 Å². The van der Waals surface area contributed by atoms with E-state index >= 15 is 0 Å². The van der Waals surface area contributed by atoms with Gasteiger partial charge in [-0.1, -0.05) is 30.3 Å². The second-order valence-corrected chi connectivity index (χ2v) is 3.82. The molecule has 2 N–H and O–H groups in total. The molecule has 86 valence electrons. The zero-order valence-corrected chi connectivity index (χ0v) is 9.34. The molecule has 2 aromatic rings. The molecule has 0 spiro atoms. The molecule has 0 unspecified atom stereocenters. The van der Waals surface area contributed by atoms with Crippen molar-refractivity contribution in [3.8, 4) is 11.5 Å². The molecule has 3 nitrogen and oxygen atoms in total. The van der Waals surface area contributed by atoms with E-state index in [1.54, 1.807) is 12.1 Å². The zero-order chi connectivity index (χ0) is 12.4. The Morgan fingerprint density at radius 3 is 2.12 bits per heavy atom. The molecule has 17 heavy (non-hydrogen) atoms. The first-order valence-corrected chi connectivity index (χ1v) is 5.22. The number of ketones is 1. The largest absolute Gasteiger partial charge is 0.507 e. The minimum Gasteiger partial charge on any atom is -0.507 e. The lowest BCUT2D eigenvalue weighted by molar-refractivity contribution is 0.103. The van der Waals surface area contributed by atoms with Crippen LogP contribution >= 0.6 is 0 Å². The van der Waals surface area contributed by atoms with E-state index in [-0.39, 0.29) is 22.8 Å². The first-order valence-electron chi connectivity index (χ1n) is 5.22. The van der Waals surface area contributed by atoms with Crippen LogP contribution in [0.5, 0.6) is 11.5 Å². The van der Waals surface area contributed by atoms with Crippen LogP contribution in [0.15, 0.2) is 42.5 Å². The minimum atomic E-state index is -0.376. The molecule has 0 atom stereocenters. The van der Waals surface area contributed by atoms with Gasteiger partial charge in [-0.3, -0.25) is 4.79 Å². The number of benzene rings is 2. The quantitative estimate of drug-likeness (QED) is 0.777. The summed E-state index contributed by atoms with van der Waals surface area (Å²) in [5, 5.41) is 19.3. The van der Waals surface area contributed by atoms with Crippen molar-refractivity contribution in [1.29, 1.82) is 0 Å². The Labute approximate surface area is 99.0 Å². The van der Waals surface area contributed by atoms with Crippen LogP contribution in [0.4, 0.5) is 0 Å². The molecule has 0 aromatic heterocycles. The summed E-state index contributed by atoms with van der Waals surface area (Å²) >= 11 is 0. The Morgan fingerprint density at radius 1 is 0.941 bits per heavy atom. The van der Waals surface area contributed by atoms with E-state index in [1.807, 2.05) is 19.1 Å². The van der Waals surface area contributed by atoms with Gasteiger partial charge in [-0.15, -0.1) is 0 Å². The van der Waals surface area contributed by atoms with E-state index < -0.39 is 0 Å². The van der Waals surface area contributed by atoms with Crippen LogP contribution in [0.3, 0.4) is 0 Å². The van der Waals surface area contributed by atoms with Crippen molar-refractivity contribution < 1.29 is 15.0 Å². The Hall–Kier alpha value is -2.29. The molecule has 0 amide bonds. The van der Waals surface area contributed by atoms with Crippen LogP contribution in [0.2, 0.25) is 0 Å². The lowest BCUT2D eigenvalue weighted by atomic mass is 9.98. The van der Waals surface area contributed by atoms with Crippen molar-refractivity contribution in [3.05, 3.63) is 59.2 Å². The minimum absolute atomic E-state index is 0.0539. The van der Waals surface area contributed by atoms with Gasteiger partial charge in [0, 0.05) is 5.56 Å². The molecule has 2 aromatic carbocycles. The van der Waals surface area contributed by atoms with Gasteiger partial charge in [0.05, 0.1) is 0 Å². The first-order chi connectivity index (χ1) is 8.11. The van der Waals surface area contributed by atoms with E-state index in [0.29, 0.717) is 5.56 Å². The summed E-state index contributed by atoms with van der Waals surface area (Å²) in [5.41, 5.74) is 1.23. The van der Waals surface area contributed by atoms with Crippen molar-refractivity contribution in [3.63, 3.8) is 0 Å². The summed E-state index contributed by atoms with van der Waals surface area (Å²) < 4.78 is 0. The second kappa shape index (κ2) is 4.29. The summed E-state index contributed by atoms with van der Waals surface area (Å²) in [6, 6.07) is 11.3. The van der Waals surface area contributed by atoms with Gasteiger partial charge in [-0.05, 0) is 24.6 Å². The fraction of sp³-hybridized carbons (Fsp3) is 0.0714. The van der Waals surface area contributed by atoms with Crippen molar-refractivity contribution in [2.24, 2.45) is 0 Å². The van der Waals surface area contributed by atoms with E-state index in [2.05, 4.69) is 0 Å². The monoisotopic (exact) mass is 228 g/mol. The third-order valence-electron chi connectivity index (χ3n) is 2.64. The van der Waals surface area contributed by atoms with E-state index in [4.69, 9.17) is 0 Å². The summed E-state index contributed by atoms with van der Waals surface area (Å²) in [7, 11) is 0. The number of phenolic OH excluding ortho intramolecular Hbond substituents is 2. The van der Waals surface area contributed by atoms with Gasteiger partial charge in [0.2, 0.25) is 5.78 Å². The number of phenols is 2. The lowest BCUT2D eigenvalue weighted by Gasteiger charge is -2.08. The molecule has 0 heterocycles. The fourth-order valence-electron chi connectivity index (χ4n) is 1.72. The van der Waals surface area contributed by atoms with Crippen LogP contribution in [0, 0.1) is 6.92 Å². The summed E-state index contributed by atoms with van der Waals surface area (Å²) in [5.74, 6) is -0.796. The molecule has 0 bridgehead atoms. The smallest absolute Gasteiger partial charge is 0.200 e. The topological polar surface area (TPSA) is 57.5 Å². The number of carbonyl (C=O) groups excluding carboxylic acids is 1. The predicted octanol–water partition coefficient (Wildman–Crippen LogP) is 2.64. The van der Waals surface area contributed by atoms with Crippen LogP contribution in [0.25, 0.3) is 0 Å². The van der Waals surface area contributed by atoms with Gasteiger partial charge in [0.15, 0.2) is 0 Å². The number of rotatable bonds is 2. The third-order valence-corrected chi connectivity index (χ3v) is 2.64. The van der Waals surface area contributed by atoms with Crippen LogP contribution in [-0.4, -0.2) is 16.0 Å². The second-order valence-electron chi connectivity index (χ2n) is 3.82. The molecule has 0 radical (unpaired) electrons. The van der Waals surface area contributed by atoms with E-state index in [9.17, 15) is 15.0 Å². The molecule has 0 saturated heterocycles. The summed E-state index contributed by atoms with van der Waals surface area (Å²) in [6.07, 6.45) is 0. The Morgan fingerprint density at radius 2 is 1.53 bits per heavy atom. The first kappa shape index (κ1) is 11.2. The molecule has 0 aliphatic rings. The number of hydrogen-bond acceptors (Lipinski definition) is 3. The molecule has 0 fully saturated rings. The Balaban J connectivity index is 2.56. The standard InChI is InChI=1S/C14H12O3/c1-9-5-2-3-6-10(9)14(17)13-11(15)7-4-8-12(13)16/h2-8,15-16H,1H3. The average molecular weight is 228 g/mol. The van der Waals surface area contributed by atoms with Gasteiger partial charge in [0.1, 0.15) is 17.1 Å². The number of carbonyl (C=O) groups is 1.